The lowest BCUT2D eigenvalue weighted by Gasteiger charge is -2.13. The van der Waals surface area contributed by atoms with Crippen LogP contribution in [0.2, 0.25) is 0 Å². The smallest absolute Gasteiger partial charge is 0.255 e. The van der Waals surface area contributed by atoms with E-state index in [1.54, 1.807) is 0 Å². The molecule has 4 rings (SSSR count). The summed E-state index contributed by atoms with van der Waals surface area (Å²) in [6, 6.07) is 1.99. The maximum atomic E-state index is 6.00. The van der Waals surface area contributed by atoms with Crippen molar-refractivity contribution in [3.05, 3.63) is 29.3 Å². The Morgan fingerprint density at radius 2 is 2.00 bits per heavy atom. The van der Waals surface area contributed by atoms with Crippen molar-refractivity contribution in [2.75, 3.05) is 11.9 Å². The normalized spacial score (nSPS) is 24.1. The number of rotatable bonds is 5. The van der Waals surface area contributed by atoms with Crippen molar-refractivity contribution >= 4 is 5.82 Å². The molecule has 0 radical (unpaired) electrons. The fraction of sp³-hybridized carbons (Fsp3) is 0.625. The molecule has 1 N–H and O–H groups in total. The van der Waals surface area contributed by atoms with Crippen LogP contribution in [0.5, 0.6) is 0 Å². The summed E-state index contributed by atoms with van der Waals surface area (Å²) in [6.45, 7) is 4.55. The maximum Gasteiger partial charge on any atom is 0.255 e. The average Bonchev–Trinajstić information content (AvgIpc) is 3.12. The standard InChI is InChI=1S/C16H21N5O2/c1-9-7-14(20-15(18-9)11-3-4-11)17-8-12-5-6-13(22-12)16-19-10(2)21-23-16/h7,11-13H,3-6,8H2,1-2H3,(H,17,18,20)/t12-,13+/m1/s1. The molecule has 122 valence electrons. The summed E-state index contributed by atoms with van der Waals surface area (Å²) in [4.78, 5) is 13.4. The van der Waals surface area contributed by atoms with Gasteiger partial charge in [0.25, 0.3) is 5.89 Å². The number of aromatic nitrogens is 4. The molecular formula is C16H21N5O2. The van der Waals surface area contributed by atoms with Gasteiger partial charge in [0.2, 0.25) is 0 Å². The average molecular weight is 315 g/mol. The molecule has 7 heteroatoms. The van der Waals surface area contributed by atoms with Crippen LogP contribution >= 0.6 is 0 Å². The van der Waals surface area contributed by atoms with E-state index >= 15 is 0 Å². The van der Waals surface area contributed by atoms with Crippen LogP contribution in [0.4, 0.5) is 5.82 Å². The zero-order valence-electron chi connectivity index (χ0n) is 13.5. The van der Waals surface area contributed by atoms with Crippen LogP contribution in [0.25, 0.3) is 0 Å². The van der Waals surface area contributed by atoms with Crippen LogP contribution in [-0.2, 0) is 4.74 Å². The van der Waals surface area contributed by atoms with Gasteiger partial charge in [0, 0.05) is 24.2 Å². The fourth-order valence-corrected chi connectivity index (χ4v) is 2.91. The molecule has 7 nitrogen and oxygen atoms in total. The van der Waals surface area contributed by atoms with Crippen molar-refractivity contribution in [1.29, 1.82) is 0 Å². The van der Waals surface area contributed by atoms with Crippen molar-refractivity contribution in [3.63, 3.8) is 0 Å². The van der Waals surface area contributed by atoms with Gasteiger partial charge in [-0.2, -0.15) is 4.98 Å². The molecular weight excluding hydrogens is 294 g/mol. The largest absolute Gasteiger partial charge is 0.367 e. The Morgan fingerprint density at radius 1 is 1.13 bits per heavy atom. The minimum absolute atomic E-state index is 0.0860. The number of nitrogens with zero attached hydrogens (tertiary/aromatic N) is 4. The van der Waals surface area contributed by atoms with Gasteiger partial charge in [-0.05, 0) is 39.5 Å². The van der Waals surface area contributed by atoms with Gasteiger partial charge in [0.15, 0.2) is 5.82 Å². The summed E-state index contributed by atoms with van der Waals surface area (Å²) in [7, 11) is 0. The molecule has 2 atom stereocenters. The highest BCUT2D eigenvalue weighted by molar-refractivity contribution is 5.37. The Balaban J connectivity index is 1.35. The Bertz CT molecular complexity index is 698. The summed E-state index contributed by atoms with van der Waals surface area (Å²) in [5.41, 5.74) is 1.01. The van der Waals surface area contributed by atoms with Crippen LogP contribution in [-0.4, -0.2) is 32.8 Å². The molecule has 23 heavy (non-hydrogen) atoms. The number of hydrogen-bond donors (Lipinski definition) is 1. The first-order valence-electron chi connectivity index (χ1n) is 8.22. The van der Waals surface area contributed by atoms with Gasteiger partial charge in [-0.25, -0.2) is 9.97 Å². The van der Waals surface area contributed by atoms with Crippen molar-refractivity contribution in [3.8, 4) is 0 Å². The van der Waals surface area contributed by atoms with Gasteiger partial charge in [-0.1, -0.05) is 5.16 Å². The molecule has 1 aliphatic carbocycles. The molecule has 0 spiro atoms. The lowest BCUT2D eigenvalue weighted by atomic mass is 10.2. The van der Waals surface area contributed by atoms with Gasteiger partial charge < -0.3 is 14.6 Å². The monoisotopic (exact) mass is 315 g/mol. The van der Waals surface area contributed by atoms with E-state index in [9.17, 15) is 0 Å². The summed E-state index contributed by atoms with van der Waals surface area (Å²) in [5.74, 6) is 3.65. The minimum atomic E-state index is -0.0860. The van der Waals surface area contributed by atoms with Gasteiger partial charge in [0.1, 0.15) is 17.7 Å². The second-order valence-corrected chi connectivity index (χ2v) is 6.41. The second-order valence-electron chi connectivity index (χ2n) is 6.41. The molecule has 2 fully saturated rings. The number of aryl methyl sites for hydroxylation is 2. The first-order valence-corrected chi connectivity index (χ1v) is 8.22. The molecule has 1 saturated heterocycles. The molecule has 1 aliphatic heterocycles. The maximum absolute atomic E-state index is 6.00. The minimum Gasteiger partial charge on any atom is -0.367 e. The molecule has 1 saturated carbocycles. The molecule has 2 aromatic heterocycles. The molecule has 0 aromatic carbocycles. The summed E-state index contributed by atoms with van der Waals surface area (Å²) < 4.78 is 11.2. The van der Waals surface area contributed by atoms with Crippen molar-refractivity contribution < 1.29 is 9.26 Å². The van der Waals surface area contributed by atoms with E-state index in [4.69, 9.17) is 9.26 Å². The van der Waals surface area contributed by atoms with Gasteiger partial charge in [-0.3, -0.25) is 0 Å². The van der Waals surface area contributed by atoms with E-state index in [1.165, 1.54) is 12.8 Å². The molecule has 0 bridgehead atoms. The Hall–Kier alpha value is -2.02. The second kappa shape index (κ2) is 5.88. The predicted molar refractivity (Wildman–Crippen MR) is 83.1 cm³/mol. The molecule has 3 heterocycles. The van der Waals surface area contributed by atoms with Crippen LogP contribution in [0.15, 0.2) is 10.6 Å². The van der Waals surface area contributed by atoms with Crippen LogP contribution in [0.1, 0.15) is 60.9 Å². The van der Waals surface area contributed by atoms with E-state index < -0.39 is 0 Å². The lowest BCUT2D eigenvalue weighted by molar-refractivity contribution is 0.0326. The highest BCUT2D eigenvalue weighted by Gasteiger charge is 2.31. The van der Waals surface area contributed by atoms with Crippen LogP contribution < -0.4 is 5.32 Å². The first kappa shape index (κ1) is 14.6. The SMILES string of the molecule is Cc1cc(NC[C@H]2CC[C@@H](c3nc(C)no3)O2)nc(C2CC2)n1. The summed E-state index contributed by atoms with van der Waals surface area (Å²) >= 11 is 0. The molecule has 0 amide bonds. The van der Waals surface area contributed by atoms with Gasteiger partial charge in [0.05, 0.1) is 6.10 Å². The quantitative estimate of drug-likeness (QED) is 0.907. The highest BCUT2D eigenvalue weighted by atomic mass is 16.5. The van der Waals surface area contributed by atoms with Crippen molar-refractivity contribution in [2.45, 2.75) is 57.7 Å². The third-order valence-electron chi connectivity index (χ3n) is 4.25. The van der Waals surface area contributed by atoms with Crippen molar-refractivity contribution in [1.82, 2.24) is 20.1 Å². The van der Waals surface area contributed by atoms with Crippen LogP contribution in [0, 0.1) is 13.8 Å². The lowest BCUT2D eigenvalue weighted by Crippen LogP contribution is -2.20. The Morgan fingerprint density at radius 3 is 2.74 bits per heavy atom. The Kier molecular flexibility index (Phi) is 3.72. The summed E-state index contributed by atoms with van der Waals surface area (Å²) in [5, 5.41) is 7.21. The van der Waals surface area contributed by atoms with Crippen molar-refractivity contribution in [2.24, 2.45) is 0 Å². The molecule has 0 unspecified atom stereocenters. The van der Waals surface area contributed by atoms with E-state index in [0.717, 1.165) is 36.7 Å². The zero-order chi connectivity index (χ0) is 15.8. The summed E-state index contributed by atoms with van der Waals surface area (Å²) in [6.07, 6.45) is 4.34. The molecule has 2 aliphatic rings. The van der Waals surface area contributed by atoms with E-state index in [-0.39, 0.29) is 12.2 Å². The number of hydrogen-bond acceptors (Lipinski definition) is 7. The van der Waals surface area contributed by atoms with Crippen LogP contribution in [0.3, 0.4) is 0 Å². The Labute approximate surface area is 134 Å². The topological polar surface area (TPSA) is 86.0 Å². The predicted octanol–water partition coefficient (Wildman–Crippen LogP) is 2.69. The first-order chi connectivity index (χ1) is 11.2. The fourth-order valence-electron chi connectivity index (χ4n) is 2.91. The van der Waals surface area contributed by atoms with E-state index in [0.29, 0.717) is 17.6 Å². The number of ether oxygens (including phenoxy) is 1. The number of anilines is 1. The van der Waals surface area contributed by atoms with E-state index in [1.807, 2.05) is 19.9 Å². The zero-order valence-corrected chi connectivity index (χ0v) is 13.5. The van der Waals surface area contributed by atoms with Gasteiger partial charge in [-0.15, -0.1) is 0 Å². The van der Waals surface area contributed by atoms with Gasteiger partial charge >= 0.3 is 0 Å². The third-order valence-corrected chi connectivity index (χ3v) is 4.25. The third kappa shape index (κ3) is 3.34. The van der Waals surface area contributed by atoms with E-state index in [2.05, 4.69) is 25.4 Å². The molecule has 2 aromatic rings. The number of nitrogens with one attached hydrogen (secondary N) is 1. The highest BCUT2D eigenvalue weighted by Crippen LogP contribution is 2.38.